The number of nitrogens with one attached hydrogen (secondary N) is 5. The third-order valence-electron chi connectivity index (χ3n) is 20.0. The van der Waals surface area contributed by atoms with Gasteiger partial charge in [-0.25, -0.2) is 9.97 Å². The van der Waals surface area contributed by atoms with Crippen LogP contribution in [0, 0.1) is 0 Å². The number of H-pyrrole nitrogens is 1. The summed E-state index contributed by atoms with van der Waals surface area (Å²) < 4.78 is 38.1. The second-order valence-electron chi connectivity index (χ2n) is 28.3. The normalized spacial score (nSPS) is 26.1. The molecule has 0 spiro atoms. The molecule has 0 bridgehead atoms. The molecule has 24 N–H and O–H groups in total. The molecule has 6 heterocycles. The highest BCUT2D eigenvalue weighted by Gasteiger charge is 2.49. The minimum Gasteiger partial charge on any atom is -0.507 e. The largest absolute Gasteiger partial charge is 0.507 e. The number of carbonyl (C=O) groups excluding carboxylic acids is 4. The van der Waals surface area contributed by atoms with E-state index in [2.05, 4.69) is 36.2 Å². The number of aliphatic hydroxyl groups excluding tert-OH is 16. The predicted octanol–water partition coefficient (Wildman–Crippen LogP) is -0.174. The number of aromatic nitrogens is 3. The number of aliphatic hydroxyl groups is 16. The second kappa shape index (κ2) is 43.0. The van der Waals surface area contributed by atoms with Gasteiger partial charge in [-0.2, -0.15) is 0 Å². The van der Waals surface area contributed by atoms with Gasteiger partial charge in [0.25, 0.3) is 23.6 Å². The maximum Gasteiger partial charge on any atom is 0.259 e. The number of anilines is 1. The van der Waals surface area contributed by atoms with Gasteiger partial charge in [0, 0.05) is 42.6 Å². The number of aromatic hydroxyl groups is 3. The van der Waals surface area contributed by atoms with Gasteiger partial charge in [0.05, 0.1) is 55.6 Å². The summed E-state index contributed by atoms with van der Waals surface area (Å²) in [5.74, 6) is -3.62. The van der Waals surface area contributed by atoms with Gasteiger partial charge in [0.2, 0.25) is 18.9 Å². The van der Waals surface area contributed by atoms with Crippen LogP contribution in [0.4, 0.5) is 5.13 Å². The summed E-state index contributed by atoms with van der Waals surface area (Å²) in [6, 6.07) is 52.6. The summed E-state index contributed by atoms with van der Waals surface area (Å²) in [4.78, 5) is 62.7. The molecule has 14 rings (SSSR count). The lowest BCUT2D eigenvalue weighted by Gasteiger charge is -2.40. The molecular formula is C84H93N7O30S. The number of nitrogens with zero attached hydrogens (tertiary/aromatic N) is 2. The standard InChI is InChI=1S/C23H24N2O6S.C21H23N3O8.2C20H23NO8/c26-11-18-20(28)21(29)19(27)17(31-18)10-14-8-4-5-9-15(14)22(30)25-23-24-16(12-32-23)13-6-2-1-3-7-13;25-8-15-17(27)18(28)19(29)21(32-15)31-14-3-1-2-13(26)16(14)20(30)22-7-10-4-5-11-12(6-10)24-9-23-11;2*22-10-14-16(24)17(25)18(26)20(29-14)28-13-8-4-7-12(23)15(13)19(27)21-9-11-5-2-1-3-6-11/h1-9,12,17-21,26-29H,10-11H2,(H,24,25,30);1-6,9,15,17-19,21,25-29H,7-8H2,(H,22,30)(H,23,24);2*1-8,14,16-18,20,22-26H,9-10H2,(H,21,27)/t17-,18+,19-,20+,21+;15-,17-,18+,19-,21-;2*14-,16-,17+,18-,20-/m0111/s1. The topological polar surface area (TPSA) is 607 Å². The number of carbonyl (C=O) groups is 4. The van der Waals surface area contributed by atoms with Crippen molar-refractivity contribution in [2.45, 2.75) is 149 Å². The van der Waals surface area contributed by atoms with E-state index < -0.39 is 167 Å². The van der Waals surface area contributed by atoms with Crippen molar-refractivity contribution in [2.24, 2.45) is 0 Å². The van der Waals surface area contributed by atoms with E-state index in [1.54, 1.807) is 42.7 Å². The molecule has 4 saturated heterocycles. The van der Waals surface area contributed by atoms with E-state index in [4.69, 9.17) is 33.2 Å². The Morgan fingerprint density at radius 2 is 0.770 bits per heavy atom. The number of phenolic OH excluding ortho intramolecular Hbond substituents is 3. The van der Waals surface area contributed by atoms with Crippen molar-refractivity contribution in [2.75, 3.05) is 31.7 Å². The highest BCUT2D eigenvalue weighted by Crippen LogP contribution is 2.37. The minimum atomic E-state index is -1.66. The van der Waals surface area contributed by atoms with Gasteiger partial charge in [0.15, 0.2) is 5.13 Å². The molecule has 4 amide bonds. The molecule has 122 heavy (non-hydrogen) atoms. The van der Waals surface area contributed by atoms with Crippen molar-refractivity contribution in [3.05, 3.63) is 244 Å². The minimum absolute atomic E-state index is 0.0973. The van der Waals surface area contributed by atoms with E-state index in [-0.39, 0.29) is 83.1 Å². The number of ether oxygens (including phenoxy) is 7. The van der Waals surface area contributed by atoms with E-state index in [0.717, 1.165) is 39.0 Å². The lowest BCUT2D eigenvalue weighted by Crippen LogP contribution is -2.60. The second-order valence-corrected chi connectivity index (χ2v) is 29.1. The highest BCUT2D eigenvalue weighted by atomic mass is 32.1. The van der Waals surface area contributed by atoms with Gasteiger partial charge >= 0.3 is 0 Å². The number of thiazole rings is 1. The van der Waals surface area contributed by atoms with Crippen LogP contribution in [0.1, 0.15) is 63.7 Å². The number of aromatic amines is 1. The van der Waals surface area contributed by atoms with Crippen molar-refractivity contribution in [1.29, 1.82) is 0 Å². The summed E-state index contributed by atoms with van der Waals surface area (Å²) >= 11 is 1.32. The molecular weight excluding hydrogens is 1620 g/mol. The molecule has 650 valence electrons. The molecule has 0 saturated carbocycles. The lowest BCUT2D eigenvalue weighted by molar-refractivity contribution is -0.277. The van der Waals surface area contributed by atoms with Crippen molar-refractivity contribution in [1.82, 2.24) is 30.9 Å². The van der Waals surface area contributed by atoms with E-state index >= 15 is 0 Å². The highest BCUT2D eigenvalue weighted by molar-refractivity contribution is 7.14. The fourth-order valence-electron chi connectivity index (χ4n) is 13.2. The van der Waals surface area contributed by atoms with E-state index in [1.165, 1.54) is 65.9 Å². The zero-order valence-corrected chi connectivity index (χ0v) is 65.4. The van der Waals surface area contributed by atoms with Crippen LogP contribution >= 0.6 is 11.3 Å². The number of phenols is 3. The first-order chi connectivity index (χ1) is 58.7. The Labute approximate surface area is 698 Å². The molecule has 20 atom stereocenters. The third-order valence-corrected chi connectivity index (χ3v) is 20.7. The number of amides is 4. The molecule has 4 aliphatic heterocycles. The van der Waals surface area contributed by atoms with Crippen molar-refractivity contribution < 1.29 is 149 Å². The zero-order chi connectivity index (χ0) is 87.4. The monoisotopic (exact) mass is 1710 g/mol. The van der Waals surface area contributed by atoms with Crippen LogP contribution in [0.25, 0.3) is 22.3 Å². The Hall–Kier alpha value is -11.3. The van der Waals surface area contributed by atoms with Gasteiger partial charge in [-0.15, -0.1) is 11.3 Å². The van der Waals surface area contributed by atoms with Crippen molar-refractivity contribution in [3.63, 3.8) is 0 Å². The van der Waals surface area contributed by atoms with E-state index in [1.807, 2.05) is 102 Å². The van der Waals surface area contributed by atoms with Gasteiger partial charge in [-0.1, -0.05) is 133 Å². The number of rotatable bonds is 24. The molecule has 38 heteroatoms. The first kappa shape index (κ1) is 91.5. The maximum atomic E-state index is 13.0. The quantitative estimate of drug-likeness (QED) is 0.0373. The third kappa shape index (κ3) is 22.5. The molecule has 8 aromatic carbocycles. The number of fused-ring (bicyclic) bond motifs is 1. The molecule has 0 radical (unpaired) electrons. The van der Waals surface area contributed by atoms with Gasteiger partial charge < -0.3 is 151 Å². The summed E-state index contributed by atoms with van der Waals surface area (Å²) in [7, 11) is 0. The summed E-state index contributed by atoms with van der Waals surface area (Å²) in [6.45, 7) is -1.77. The van der Waals surface area contributed by atoms with E-state index in [9.17, 15) is 116 Å². The lowest BCUT2D eigenvalue weighted by atomic mass is 9.90. The smallest absolute Gasteiger partial charge is 0.259 e. The van der Waals surface area contributed by atoms with Crippen LogP contribution in [0.2, 0.25) is 0 Å². The molecule has 0 unspecified atom stereocenters. The predicted molar refractivity (Wildman–Crippen MR) is 429 cm³/mol. The Bertz CT molecular complexity index is 4920. The fraction of sp³-hybridized carbons (Fsp3) is 0.333. The number of benzene rings is 8. The Kier molecular flexibility index (Phi) is 32.2. The maximum absolute atomic E-state index is 13.0. The fourth-order valence-corrected chi connectivity index (χ4v) is 13.9. The Morgan fingerprint density at radius 1 is 0.393 bits per heavy atom. The first-order valence-electron chi connectivity index (χ1n) is 38.1. The molecule has 2 aromatic heterocycles. The zero-order valence-electron chi connectivity index (χ0n) is 64.5. The Morgan fingerprint density at radius 3 is 1.20 bits per heavy atom. The van der Waals surface area contributed by atoms with Gasteiger partial charge in [0.1, 0.15) is 149 Å². The Balaban J connectivity index is 0.000000159. The summed E-state index contributed by atoms with van der Waals surface area (Å²) in [5, 5.41) is 201. The van der Waals surface area contributed by atoms with Gasteiger partial charge in [-0.3, -0.25) is 24.5 Å². The summed E-state index contributed by atoms with van der Waals surface area (Å²) in [5.41, 5.74) is 6.22. The van der Waals surface area contributed by atoms with Crippen molar-refractivity contribution >= 4 is 51.1 Å². The molecule has 4 fully saturated rings. The molecule has 0 aliphatic carbocycles. The van der Waals surface area contributed by atoms with Crippen LogP contribution < -0.4 is 35.5 Å². The summed E-state index contributed by atoms with van der Waals surface area (Å²) in [6.07, 6.45) is -26.9. The average Bonchev–Trinajstić information content (AvgIpc) is 0.855. The van der Waals surface area contributed by atoms with Crippen LogP contribution in [-0.2, 0) is 45.0 Å². The van der Waals surface area contributed by atoms with Crippen LogP contribution in [-0.4, -0.2) is 285 Å². The van der Waals surface area contributed by atoms with Crippen LogP contribution in [0.5, 0.6) is 34.5 Å². The van der Waals surface area contributed by atoms with Gasteiger partial charge in [-0.05, 0) is 76.9 Å². The van der Waals surface area contributed by atoms with Crippen molar-refractivity contribution in [3.8, 4) is 45.8 Å². The van der Waals surface area contributed by atoms with Crippen LogP contribution in [0.3, 0.4) is 0 Å². The van der Waals surface area contributed by atoms with Crippen LogP contribution in [0.15, 0.2) is 200 Å². The molecule has 4 aliphatic rings. The number of hydrogen-bond acceptors (Lipinski definition) is 33. The number of hydrogen-bond donors (Lipinski definition) is 24. The number of imidazole rings is 1. The average molecular weight is 1710 g/mol. The molecule has 37 nitrogen and oxygen atoms in total. The molecule has 10 aromatic rings. The SMILES string of the molecule is O=C(NCc1ccc2nc[nH]c2c1)c1c(O)cccc1O[C@@H]1O[C@H](CO)[C@@H](O)[C@H](O)[C@H]1O.O=C(NCc1ccccc1)c1c(O)cccc1O[C@@H]1O[C@H](CO)[C@@H](O)[C@H](O)[C@H]1O.O=C(NCc1ccccc1)c1c(O)cccc1O[C@@H]1O[C@H](CO)[C@@H](O)[C@H](O)[C@H]1O.O=C(Nc1nc(-c2ccccc2)cs1)c1ccccc1C[C@@H]1O[C@H](CO)[C@@H](O)[C@H](O)[C@H]1O. The first-order valence-corrected chi connectivity index (χ1v) is 39.0. The van der Waals surface area contributed by atoms with E-state index in [0.29, 0.717) is 16.3 Å².